The topological polar surface area (TPSA) is 61.4 Å². The van der Waals surface area contributed by atoms with Crippen molar-refractivity contribution in [3.05, 3.63) is 64.2 Å². The van der Waals surface area contributed by atoms with Crippen molar-refractivity contribution in [1.82, 2.24) is 10.2 Å². The van der Waals surface area contributed by atoms with E-state index in [-0.39, 0.29) is 30.9 Å². The second-order valence-electron chi connectivity index (χ2n) is 6.81. The number of aryl methyl sites for hydroxylation is 1. The molecular weight excluding hydrogens is 362 g/mol. The molecule has 0 spiro atoms. The molecule has 2 amide bonds. The van der Waals surface area contributed by atoms with Gasteiger partial charge in [0.05, 0.1) is 19.1 Å². The lowest BCUT2D eigenvalue weighted by molar-refractivity contribution is -0.123. The summed E-state index contributed by atoms with van der Waals surface area (Å²) in [6.07, 6.45) is 0. The van der Waals surface area contributed by atoms with Crippen LogP contribution in [0.4, 0.5) is 5.69 Å². The minimum atomic E-state index is -0.159. The molecule has 0 aliphatic rings. The van der Waals surface area contributed by atoms with Gasteiger partial charge < -0.3 is 10.6 Å². The maximum atomic E-state index is 12.2. The molecule has 0 aliphatic carbocycles. The molecule has 0 unspecified atom stereocenters. The molecule has 0 saturated carbocycles. The normalized spacial score (nSPS) is 11.9. The van der Waals surface area contributed by atoms with Crippen molar-refractivity contribution < 1.29 is 9.59 Å². The van der Waals surface area contributed by atoms with Gasteiger partial charge in [-0.3, -0.25) is 14.5 Å². The van der Waals surface area contributed by atoms with Crippen molar-refractivity contribution in [2.45, 2.75) is 26.8 Å². The Morgan fingerprint density at radius 3 is 2.44 bits per heavy atom. The molecular formula is C21H26ClN3O2. The molecule has 1 atom stereocenters. The van der Waals surface area contributed by atoms with Crippen molar-refractivity contribution in [2.24, 2.45) is 0 Å². The minimum Gasteiger partial charge on any atom is -0.348 e. The lowest BCUT2D eigenvalue weighted by Crippen LogP contribution is -2.39. The maximum absolute atomic E-state index is 12.2. The Bertz CT molecular complexity index is 823. The number of halogens is 1. The quantitative estimate of drug-likeness (QED) is 0.761. The van der Waals surface area contributed by atoms with E-state index in [9.17, 15) is 9.59 Å². The van der Waals surface area contributed by atoms with Crippen LogP contribution in [0.2, 0.25) is 5.02 Å². The predicted molar refractivity (Wildman–Crippen MR) is 110 cm³/mol. The minimum absolute atomic E-state index is 0.130. The Balaban J connectivity index is 1.83. The van der Waals surface area contributed by atoms with E-state index in [4.69, 9.17) is 11.6 Å². The zero-order chi connectivity index (χ0) is 20.0. The number of benzene rings is 2. The Labute approximate surface area is 165 Å². The van der Waals surface area contributed by atoms with E-state index < -0.39 is 0 Å². The lowest BCUT2D eigenvalue weighted by atomic mass is 10.1. The highest BCUT2D eigenvalue weighted by Gasteiger charge is 2.14. The summed E-state index contributed by atoms with van der Waals surface area (Å²) >= 11 is 5.99. The fourth-order valence-electron chi connectivity index (χ4n) is 2.77. The summed E-state index contributed by atoms with van der Waals surface area (Å²) < 4.78 is 0. The summed E-state index contributed by atoms with van der Waals surface area (Å²) in [5.74, 6) is -0.300. The summed E-state index contributed by atoms with van der Waals surface area (Å²) in [6, 6.07) is 13.0. The standard InChI is InChI=1S/C21H26ClN3O2/c1-14-7-5-10-19(15(14)2)24-21(27)13-25(4)12-20(26)23-16(3)17-8-6-9-18(22)11-17/h5-11,16H,12-13H2,1-4H3,(H,23,26)(H,24,27)/t16-/m0/s1. The summed E-state index contributed by atoms with van der Waals surface area (Å²) in [4.78, 5) is 26.2. The number of hydrogen-bond donors (Lipinski definition) is 2. The van der Waals surface area contributed by atoms with Crippen LogP contribution in [-0.2, 0) is 9.59 Å². The Kier molecular flexibility index (Phi) is 7.39. The molecule has 2 aromatic carbocycles. The van der Waals surface area contributed by atoms with E-state index in [1.54, 1.807) is 18.0 Å². The molecule has 2 N–H and O–H groups in total. The Hall–Kier alpha value is -2.37. The zero-order valence-electron chi connectivity index (χ0n) is 16.2. The average molecular weight is 388 g/mol. The smallest absolute Gasteiger partial charge is 0.238 e. The number of anilines is 1. The summed E-state index contributed by atoms with van der Waals surface area (Å²) in [5, 5.41) is 6.46. The van der Waals surface area contributed by atoms with E-state index in [0.29, 0.717) is 5.02 Å². The number of nitrogens with one attached hydrogen (secondary N) is 2. The number of amides is 2. The first-order chi connectivity index (χ1) is 12.8. The molecule has 0 aliphatic heterocycles. The van der Waals surface area contributed by atoms with Gasteiger partial charge in [-0.25, -0.2) is 0 Å². The van der Waals surface area contributed by atoms with Gasteiger partial charge >= 0.3 is 0 Å². The highest BCUT2D eigenvalue weighted by molar-refractivity contribution is 6.30. The largest absolute Gasteiger partial charge is 0.348 e. The van der Waals surface area contributed by atoms with Crippen LogP contribution in [0.3, 0.4) is 0 Å². The van der Waals surface area contributed by atoms with Crippen LogP contribution in [-0.4, -0.2) is 36.9 Å². The van der Waals surface area contributed by atoms with Gasteiger partial charge in [0.1, 0.15) is 0 Å². The number of likely N-dealkylation sites (N-methyl/N-ethyl adjacent to an activating group) is 1. The fraction of sp³-hybridized carbons (Fsp3) is 0.333. The second-order valence-corrected chi connectivity index (χ2v) is 7.25. The third kappa shape index (κ3) is 6.38. The van der Waals surface area contributed by atoms with Crippen molar-refractivity contribution in [2.75, 3.05) is 25.5 Å². The molecule has 0 bridgehead atoms. The van der Waals surface area contributed by atoms with Gasteiger partial charge in [-0.05, 0) is 62.7 Å². The first-order valence-corrected chi connectivity index (χ1v) is 9.23. The molecule has 2 rings (SSSR count). The second kappa shape index (κ2) is 9.53. The van der Waals surface area contributed by atoms with E-state index in [1.807, 2.05) is 57.2 Å². The zero-order valence-corrected chi connectivity index (χ0v) is 16.9. The van der Waals surface area contributed by atoms with Gasteiger partial charge in [0.15, 0.2) is 0 Å². The Morgan fingerprint density at radius 1 is 1.07 bits per heavy atom. The number of rotatable bonds is 7. The molecule has 0 fully saturated rings. The fourth-order valence-corrected chi connectivity index (χ4v) is 2.97. The van der Waals surface area contributed by atoms with Gasteiger partial charge in [-0.2, -0.15) is 0 Å². The van der Waals surface area contributed by atoms with E-state index >= 15 is 0 Å². The van der Waals surface area contributed by atoms with Crippen LogP contribution >= 0.6 is 11.6 Å². The summed E-state index contributed by atoms with van der Waals surface area (Å²) in [5.41, 5.74) is 3.90. The van der Waals surface area contributed by atoms with Gasteiger partial charge in [0, 0.05) is 10.7 Å². The molecule has 0 aromatic heterocycles. The van der Waals surface area contributed by atoms with Crippen molar-refractivity contribution in [3.63, 3.8) is 0 Å². The van der Waals surface area contributed by atoms with Crippen LogP contribution in [0.25, 0.3) is 0 Å². The van der Waals surface area contributed by atoms with Crippen LogP contribution < -0.4 is 10.6 Å². The van der Waals surface area contributed by atoms with Crippen molar-refractivity contribution in [1.29, 1.82) is 0 Å². The van der Waals surface area contributed by atoms with E-state index in [1.165, 1.54) is 0 Å². The van der Waals surface area contributed by atoms with Gasteiger partial charge in [0.25, 0.3) is 0 Å². The van der Waals surface area contributed by atoms with Gasteiger partial charge in [-0.15, -0.1) is 0 Å². The monoisotopic (exact) mass is 387 g/mol. The van der Waals surface area contributed by atoms with Crippen molar-refractivity contribution in [3.8, 4) is 0 Å². The number of carbonyl (C=O) groups excluding carboxylic acids is 2. The number of carbonyl (C=O) groups is 2. The molecule has 5 nitrogen and oxygen atoms in total. The number of nitrogens with zero attached hydrogens (tertiary/aromatic N) is 1. The number of hydrogen-bond acceptors (Lipinski definition) is 3. The highest BCUT2D eigenvalue weighted by atomic mass is 35.5. The first kappa shape index (κ1) is 20.9. The highest BCUT2D eigenvalue weighted by Crippen LogP contribution is 2.18. The lowest BCUT2D eigenvalue weighted by Gasteiger charge is -2.19. The SMILES string of the molecule is Cc1cccc(NC(=O)CN(C)CC(=O)N[C@@H](C)c2cccc(Cl)c2)c1C. The molecule has 144 valence electrons. The van der Waals surface area contributed by atoms with Crippen LogP contribution in [0.15, 0.2) is 42.5 Å². The molecule has 0 saturated heterocycles. The third-order valence-corrected chi connectivity index (χ3v) is 4.67. The van der Waals surface area contributed by atoms with Gasteiger partial charge in [0.2, 0.25) is 11.8 Å². The van der Waals surface area contributed by atoms with Crippen LogP contribution in [0.5, 0.6) is 0 Å². The summed E-state index contributed by atoms with van der Waals surface area (Å²) in [7, 11) is 1.74. The molecule has 2 aromatic rings. The molecule has 0 heterocycles. The predicted octanol–water partition coefficient (Wildman–Crippen LogP) is 3.70. The molecule has 27 heavy (non-hydrogen) atoms. The van der Waals surface area contributed by atoms with Crippen molar-refractivity contribution >= 4 is 29.1 Å². The third-order valence-electron chi connectivity index (χ3n) is 4.43. The maximum Gasteiger partial charge on any atom is 0.238 e. The van der Waals surface area contributed by atoms with Crippen LogP contribution in [0, 0.1) is 13.8 Å². The average Bonchev–Trinajstić information content (AvgIpc) is 2.58. The van der Waals surface area contributed by atoms with E-state index in [2.05, 4.69) is 10.6 Å². The van der Waals surface area contributed by atoms with Gasteiger partial charge in [-0.1, -0.05) is 35.9 Å². The first-order valence-electron chi connectivity index (χ1n) is 8.85. The molecule has 6 heteroatoms. The summed E-state index contributed by atoms with van der Waals surface area (Å²) in [6.45, 7) is 6.14. The Morgan fingerprint density at radius 2 is 1.74 bits per heavy atom. The van der Waals surface area contributed by atoms with E-state index in [0.717, 1.165) is 22.4 Å². The molecule has 0 radical (unpaired) electrons. The van der Waals surface area contributed by atoms with Crippen LogP contribution in [0.1, 0.15) is 29.7 Å².